The normalized spacial score (nSPS) is 18.5. The number of piperidine rings is 1. The van der Waals surface area contributed by atoms with E-state index in [9.17, 15) is 9.59 Å². The molecule has 3 heterocycles. The van der Waals surface area contributed by atoms with Gasteiger partial charge in [-0.3, -0.25) is 4.79 Å². The number of carbonyl (C=O) groups is 1. The van der Waals surface area contributed by atoms with E-state index in [4.69, 9.17) is 9.15 Å². The smallest absolute Gasteiger partial charge is 0.349 e. The van der Waals surface area contributed by atoms with Crippen LogP contribution in [0.4, 0.5) is 0 Å². The van der Waals surface area contributed by atoms with Crippen molar-refractivity contribution in [2.24, 2.45) is 0 Å². The second-order valence-corrected chi connectivity index (χ2v) is 7.97. The van der Waals surface area contributed by atoms with E-state index in [2.05, 4.69) is 12.1 Å². The van der Waals surface area contributed by atoms with E-state index in [1.165, 1.54) is 5.56 Å². The molecule has 1 aromatic heterocycles. The largest absolute Gasteiger partial charge is 0.427 e. The molecule has 2 aliphatic rings. The second-order valence-electron chi connectivity index (χ2n) is 7.97. The number of benzene rings is 1. The van der Waals surface area contributed by atoms with E-state index in [1.807, 2.05) is 31.2 Å². The van der Waals surface area contributed by atoms with Crippen molar-refractivity contribution in [2.45, 2.75) is 51.0 Å². The van der Waals surface area contributed by atoms with Crippen molar-refractivity contribution >= 4 is 5.91 Å². The molecule has 0 unspecified atom stereocenters. The number of amides is 1. The topological polar surface area (TPSA) is 59.8 Å². The van der Waals surface area contributed by atoms with Crippen LogP contribution in [0.1, 0.15) is 52.9 Å². The summed E-state index contributed by atoms with van der Waals surface area (Å²) in [5.41, 5.74) is 1.50. The maximum absolute atomic E-state index is 13.0. The van der Waals surface area contributed by atoms with Gasteiger partial charge in [-0.2, -0.15) is 0 Å². The summed E-state index contributed by atoms with van der Waals surface area (Å²) in [6.07, 6.45) is 5.30. The van der Waals surface area contributed by atoms with Crippen LogP contribution in [0.5, 0.6) is 0 Å². The molecule has 0 N–H and O–H groups in total. The van der Waals surface area contributed by atoms with Crippen LogP contribution in [0.15, 0.2) is 45.6 Å². The standard InChI is InChI=1S/C23H27NO4/c1-17-16-19(9-8-18-6-3-2-4-7-18)28-22(26)20(17)21(25)24-13-11-23(12-14-24)10-5-15-27-23/h2-4,6-7,16H,5,8-15H2,1H3. The first kappa shape index (κ1) is 18.9. The van der Waals surface area contributed by atoms with Crippen molar-refractivity contribution in [3.05, 3.63) is 69.3 Å². The lowest BCUT2D eigenvalue weighted by Gasteiger charge is -2.38. The van der Waals surface area contributed by atoms with Crippen molar-refractivity contribution < 1.29 is 13.9 Å². The predicted molar refractivity (Wildman–Crippen MR) is 107 cm³/mol. The van der Waals surface area contributed by atoms with Crippen LogP contribution >= 0.6 is 0 Å². The number of hydrogen-bond donors (Lipinski definition) is 0. The molecule has 5 heteroatoms. The highest BCUT2D eigenvalue weighted by Gasteiger charge is 2.40. The summed E-state index contributed by atoms with van der Waals surface area (Å²) in [7, 11) is 0. The summed E-state index contributed by atoms with van der Waals surface area (Å²) in [4.78, 5) is 27.3. The van der Waals surface area contributed by atoms with Crippen molar-refractivity contribution in [1.29, 1.82) is 0 Å². The highest BCUT2D eigenvalue weighted by Crippen LogP contribution is 2.35. The summed E-state index contributed by atoms with van der Waals surface area (Å²) in [6.45, 7) is 3.91. The molecule has 0 aliphatic carbocycles. The number of nitrogens with zero attached hydrogens (tertiary/aromatic N) is 1. The van der Waals surface area contributed by atoms with Crippen LogP contribution in [0.3, 0.4) is 0 Å². The number of likely N-dealkylation sites (tertiary alicyclic amines) is 1. The zero-order chi connectivity index (χ0) is 19.6. The Balaban J connectivity index is 1.44. The van der Waals surface area contributed by atoms with Gasteiger partial charge in [-0.1, -0.05) is 30.3 Å². The maximum atomic E-state index is 13.0. The Labute approximate surface area is 165 Å². The first-order valence-electron chi connectivity index (χ1n) is 10.2. The quantitative estimate of drug-likeness (QED) is 0.813. The van der Waals surface area contributed by atoms with Gasteiger partial charge in [-0.25, -0.2) is 4.79 Å². The fraction of sp³-hybridized carbons (Fsp3) is 0.478. The third-order valence-electron chi connectivity index (χ3n) is 6.06. The van der Waals surface area contributed by atoms with E-state index >= 15 is 0 Å². The van der Waals surface area contributed by atoms with Crippen molar-refractivity contribution in [3.63, 3.8) is 0 Å². The molecule has 4 rings (SSSR count). The van der Waals surface area contributed by atoms with Crippen LogP contribution in [-0.4, -0.2) is 36.1 Å². The zero-order valence-corrected chi connectivity index (χ0v) is 16.4. The van der Waals surface area contributed by atoms with Crippen molar-refractivity contribution in [2.75, 3.05) is 19.7 Å². The zero-order valence-electron chi connectivity index (χ0n) is 16.4. The monoisotopic (exact) mass is 381 g/mol. The van der Waals surface area contributed by atoms with Gasteiger partial charge in [0.2, 0.25) is 0 Å². The molecule has 2 fully saturated rings. The Morgan fingerprint density at radius 2 is 1.86 bits per heavy atom. The molecular formula is C23H27NO4. The minimum Gasteiger partial charge on any atom is -0.427 e. The molecule has 1 amide bonds. The summed E-state index contributed by atoms with van der Waals surface area (Å²) >= 11 is 0. The van der Waals surface area contributed by atoms with Crippen molar-refractivity contribution in [1.82, 2.24) is 4.90 Å². The number of ether oxygens (including phenoxy) is 1. The summed E-state index contributed by atoms with van der Waals surface area (Å²) < 4.78 is 11.4. The third kappa shape index (κ3) is 3.90. The maximum Gasteiger partial charge on any atom is 0.349 e. The number of hydrogen-bond acceptors (Lipinski definition) is 4. The van der Waals surface area contributed by atoms with Crippen LogP contribution in [0.2, 0.25) is 0 Å². The first-order valence-corrected chi connectivity index (χ1v) is 10.2. The molecule has 0 saturated carbocycles. The van der Waals surface area contributed by atoms with Gasteiger partial charge in [0.05, 0.1) is 5.60 Å². The highest BCUT2D eigenvalue weighted by molar-refractivity contribution is 5.95. The molecule has 1 spiro atoms. The Morgan fingerprint density at radius 3 is 2.50 bits per heavy atom. The average molecular weight is 381 g/mol. The third-order valence-corrected chi connectivity index (χ3v) is 6.06. The van der Waals surface area contributed by atoms with Crippen LogP contribution in [-0.2, 0) is 17.6 Å². The molecule has 0 radical (unpaired) electrons. The van der Waals surface area contributed by atoms with E-state index in [0.717, 1.165) is 38.7 Å². The van der Waals surface area contributed by atoms with E-state index in [-0.39, 0.29) is 17.1 Å². The van der Waals surface area contributed by atoms with E-state index < -0.39 is 5.63 Å². The fourth-order valence-electron chi connectivity index (χ4n) is 4.39. The minimum absolute atomic E-state index is 0.0439. The molecule has 2 aliphatic heterocycles. The van der Waals surface area contributed by atoms with Gasteiger partial charge >= 0.3 is 5.63 Å². The Kier molecular flexibility index (Phi) is 5.36. The molecule has 0 atom stereocenters. The van der Waals surface area contributed by atoms with Crippen LogP contribution < -0.4 is 5.63 Å². The van der Waals surface area contributed by atoms with Gasteiger partial charge in [0.15, 0.2) is 0 Å². The first-order chi connectivity index (χ1) is 13.6. The van der Waals surface area contributed by atoms with Crippen molar-refractivity contribution in [3.8, 4) is 0 Å². The van der Waals surface area contributed by atoms with Gasteiger partial charge in [0, 0.05) is 26.1 Å². The van der Waals surface area contributed by atoms with Gasteiger partial charge in [0.25, 0.3) is 5.91 Å². The summed E-state index contributed by atoms with van der Waals surface area (Å²) in [5.74, 6) is 0.411. The average Bonchev–Trinajstić information content (AvgIpc) is 3.15. The predicted octanol–water partition coefficient (Wildman–Crippen LogP) is 3.52. The summed E-state index contributed by atoms with van der Waals surface area (Å²) in [5, 5.41) is 0. The van der Waals surface area contributed by atoms with Gasteiger partial charge < -0.3 is 14.1 Å². The van der Waals surface area contributed by atoms with Gasteiger partial charge in [-0.15, -0.1) is 0 Å². The van der Waals surface area contributed by atoms with Gasteiger partial charge in [0.1, 0.15) is 11.3 Å². The molecule has 148 valence electrons. The lowest BCUT2D eigenvalue weighted by Crippen LogP contribution is -2.47. The summed E-state index contributed by atoms with van der Waals surface area (Å²) in [6, 6.07) is 11.9. The van der Waals surface area contributed by atoms with Crippen LogP contribution in [0, 0.1) is 6.92 Å². The number of carbonyl (C=O) groups excluding carboxylic acids is 1. The number of aryl methyl sites for hydroxylation is 3. The van der Waals surface area contributed by atoms with E-state index in [0.29, 0.717) is 30.8 Å². The molecule has 0 bridgehead atoms. The van der Waals surface area contributed by atoms with Gasteiger partial charge in [-0.05, 0) is 56.2 Å². The Hall–Kier alpha value is -2.40. The number of rotatable bonds is 4. The van der Waals surface area contributed by atoms with Crippen LogP contribution in [0.25, 0.3) is 0 Å². The molecule has 28 heavy (non-hydrogen) atoms. The minimum atomic E-state index is -0.523. The van der Waals surface area contributed by atoms with E-state index in [1.54, 1.807) is 4.90 Å². The lowest BCUT2D eigenvalue weighted by atomic mass is 9.88. The Morgan fingerprint density at radius 1 is 1.11 bits per heavy atom. The fourth-order valence-corrected chi connectivity index (χ4v) is 4.39. The lowest BCUT2D eigenvalue weighted by molar-refractivity contribution is -0.0388. The Bertz CT molecular complexity index is 887. The molecule has 1 aromatic carbocycles. The SMILES string of the molecule is Cc1cc(CCc2ccccc2)oc(=O)c1C(=O)N1CCC2(CCCO2)CC1. The highest BCUT2D eigenvalue weighted by atomic mass is 16.5. The second kappa shape index (κ2) is 7.92. The molecule has 5 nitrogen and oxygen atoms in total. The molecule has 2 aromatic rings. The molecular weight excluding hydrogens is 354 g/mol. The molecule has 2 saturated heterocycles.